The molecule has 2 rings (SSSR count). The Morgan fingerprint density at radius 2 is 1.14 bits per heavy atom. The molecule has 0 aliphatic carbocycles. The number of nitro groups is 2. The van der Waals surface area contributed by atoms with Crippen LogP contribution in [0.1, 0.15) is 23.0 Å². The highest BCUT2D eigenvalue weighted by molar-refractivity contribution is 5.92. The van der Waals surface area contributed by atoms with E-state index in [1.165, 1.54) is 0 Å². The second-order valence-electron chi connectivity index (χ2n) is 5.87. The molecule has 0 aliphatic heterocycles. The molecule has 0 saturated carbocycles. The molecule has 0 radical (unpaired) electrons. The molecule has 11 heteroatoms. The second-order valence-corrected chi connectivity index (χ2v) is 5.87. The van der Waals surface area contributed by atoms with Crippen molar-refractivity contribution < 1.29 is 32.2 Å². The third kappa shape index (κ3) is 4.87. The molecule has 0 heterocycles. The summed E-state index contributed by atoms with van der Waals surface area (Å²) in [6, 6.07) is 3.80. The molecule has 28 heavy (non-hydrogen) atoms. The van der Waals surface area contributed by atoms with Crippen LogP contribution in [-0.2, 0) is 4.79 Å². The van der Waals surface area contributed by atoms with Crippen LogP contribution in [0.4, 0.5) is 17.6 Å². The van der Waals surface area contributed by atoms with Crippen LogP contribution in [0, 0.1) is 43.5 Å². The highest BCUT2D eigenvalue weighted by atomic mass is 19.1. The number of benzene rings is 2. The van der Waals surface area contributed by atoms with Gasteiger partial charge in [-0.15, -0.1) is 0 Å². The molecule has 2 atom stereocenters. The summed E-state index contributed by atoms with van der Waals surface area (Å²) >= 11 is 0. The van der Waals surface area contributed by atoms with Gasteiger partial charge in [-0.05, 0) is 36.4 Å². The van der Waals surface area contributed by atoms with Crippen molar-refractivity contribution in [3.8, 4) is 0 Å². The van der Waals surface area contributed by atoms with Crippen LogP contribution in [0.25, 0.3) is 0 Å². The van der Waals surface area contributed by atoms with Crippen molar-refractivity contribution in [3.63, 3.8) is 0 Å². The number of halogens is 4. The zero-order valence-electron chi connectivity index (χ0n) is 14.0. The summed E-state index contributed by atoms with van der Waals surface area (Å²) in [7, 11) is 0. The number of hydrogen-bond donors (Lipinski definition) is 0. The quantitative estimate of drug-likeness (QED) is 0.384. The van der Waals surface area contributed by atoms with Gasteiger partial charge in [-0.3, -0.25) is 25.0 Å². The minimum absolute atomic E-state index is 0.548. The molecule has 148 valence electrons. The van der Waals surface area contributed by atoms with Crippen LogP contribution in [0.5, 0.6) is 0 Å². The van der Waals surface area contributed by atoms with Gasteiger partial charge in [-0.1, -0.05) is 0 Å². The van der Waals surface area contributed by atoms with Crippen molar-refractivity contribution >= 4 is 5.78 Å². The fourth-order valence-corrected chi connectivity index (χ4v) is 2.79. The van der Waals surface area contributed by atoms with Crippen molar-refractivity contribution in [2.24, 2.45) is 0 Å². The Morgan fingerprint density at radius 3 is 1.46 bits per heavy atom. The number of nitrogens with zero attached hydrogens (tertiary/aromatic N) is 2. The first-order valence-electron chi connectivity index (χ1n) is 7.77. The van der Waals surface area contributed by atoms with Gasteiger partial charge in [-0.25, -0.2) is 17.6 Å². The predicted octanol–water partition coefficient (Wildman–Crippen LogP) is 3.23. The first kappa shape index (κ1) is 20.9. The summed E-state index contributed by atoms with van der Waals surface area (Å²) in [6.45, 7) is -2.44. The van der Waals surface area contributed by atoms with Gasteiger partial charge < -0.3 is 0 Å². The molecule has 0 N–H and O–H groups in total. The Morgan fingerprint density at radius 1 is 0.786 bits per heavy atom. The number of rotatable bonds is 8. The summed E-state index contributed by atoms with van der Waals surface area (Å²) in [4.78, 5) is 32.8. The second kappa shape index (κ2) is 8.55. The fourth-order valence-electron chi connectivity index (χ4n) is 2.79. The lowest BCUT2D eigenvalue weighted by molar-refractivity contribution is -0.484. The molecule has 7 nitrogen and oxygen atoms in total. The van der Waals surface area contributed by atoms with E-state index in [0.29, 0.717) is 36.4 Å². The number of carbonyl (C=O) groups is 1. The number of ketones is 1. The Kier molecular flexibility index (Phi) is 6.39. The van der Waals surface area contributed by atoms with Gasteiger partial charge in [0.05, 0.1) is 0 Å². The lowest BCUT2D eigenvalue weighted by Crippen LogP contribution is -2.31. The Hall–Kier alpha value is -3.37. The summed E-state index contributed by atoms with van der Waals surface area (Å²) in [5, 5.41) is 21.9. The third-order valence-electron chi connectivity index (χ3n) is 4.02. The molecular weight excluding hydrogens is 388 g/mol. The van der Waals surface area contributed by atoms with E-state index in [-0.39, 0.29) is 0 Å². The van der Waals surface area contributed by atoms with Gasteiger partial charge in [0.25, 0.3) is 0 Å². The van der Waals surface area contributed by atoms with Crippen LogP contribution in [0.2, 0.25) is 0 Å². The van der Waals surface area contributed by atoms with E-state index in [1.54, 1.807) is 0 Å². The first-order valence-corrected chi connectivity index (χ1v) is 7.77. The lowest BCUT2D eigenvalue weighted by Gasteiger charge is -2.19. The van der Waals surface area contributed by atoms with Gasteiger partial charge >= 0.3 is 0 Å². The maximum atomic E-state index is 14.1. The molecule has 0 saturated heterocycles. The van der Waals surface area contributed by atoms with Crippen molar-refractivity contribution in [2.45, 2.75) is 11.8 Å². The van der Waals surface area contributed by atoms with Crippen molar-refractivity contribution in [3.05, 3.63) is 91.0 Å². The van der Waals surface area contributed by atoms with E-state index in [0.717, 1.165) is 0 Å². The van der Waals surface area contributed by atoms with Crippen LogP contribution >= 0.6 is 0 Å². The summed E-state index contributed by atoms with van der Waals surface area (Å²) in [6.07, 6.45) is 0. The van der Waals surface area contributed by atoms with E-state index in [9.17, 15) is 42.6 Å². The molecule has 0 spiro atoms. The zero-order valence-corrected chi connectivity index (χ0v) is 14.0. The van der Waals surface area contributed by atoms with E-state index in [1.807, 2.05) is 0 Å². The van der Waals surface area contributed by atoms with Crippen LogP contribution in [-0.4, -0.2) is 28.7 Å². The SMILES string of the molecule is O=C(C(C[N+](=O)[O-])c1cc(F)ccc1F)C(C[N+](=O)[O-])c1cc(F)ccc1F. The highest BCUT2D eigenvalue weighted by Crippen LogP contribution is 2.31. The van der Waals surface area contributed by atoms with Crippen molar-refractivity contribution in [2.75, 3.05) is 13.1 Å². The largest absolute Gasteiger partial charge is 0.298 e. The molecule has 2 aromatic rings. The maximum absolute atomic E-state index is 14.1. The third-order valence-corrected chi connectivity index (χ3v) is 4.02. The van der Waals surface area contributed by atoms with Gasteiger partial charge in [0.2, 0.25) is 13.1 Å². The molecule has 2 aromatic carbocycles. The van der Waals surface area contributed by atoms with Crippen LogP contribution in [0.15, 0.2) is 36.4 Å². The topological polar surface area (TPSA) is 103 Å². The predicted molar refractivity (Wildman–Crippen MR) is 86.9 cm³/mol. The molecule has 0 fully saturated rings. The van der Waals surface area contributed by atoms with Gasteiger partial charge in [0.15, 0.2) is 5.78 Å². The monoisotopic (exact) mass is 400 g/mol. The number of hydrogen-bond acceptors (Lipinski definition) is 5. The Labute approximate surface area is 154 Å². The Balaban J connectivity index is 2.59. The van der Waals surface area contributed by atoms with Gasteiger partial charge in [-0.2, -0.15) is 0 Å². The molecule has 0 aromatic heterocycles. The number of Topliss-reactive ketones (excluding diaryl/α,β-unsaturated/α-hetero) is 1. The summed E-state index contributed by atoms with van der Waals surface area (Å²) in [5.41, 5.74) is -1.40. The summed E-state index contributed by atoms with van der Waals surface area (Å²) < 4.78 is 55.2. The first-order chi connectivity index (χ1) is 13.1. The molecule has 2 unspecified atom stereocenters. The van der Waals surface area contributed by atoms with Crippen molar-refractivity contribution in [1.82, 2.24) is 0 Å². The molecule has 0 aliphatic rings. The van der Waals surface area contributed by atoms with E-state index < -0.39 is 75.0 Å². The minimum atomic E-state index is -1.95. The van der Waals surface area contributed by atoms with E-state index in [2.05, 4.69) is 0 Å². The molecule has 0 amide bonds. The number of carbonyl (C=O) groups excluding carboxylic acids is 1. The maximum Gasteiger partial charge on any atom is 0.217 e. The highest BCUT2D eigenvalue weighted by Gasteiger charge is 2.38. The normalized spacial score (nSPS) is 13.0. The van der Waals surface area contributed by atoms with Crippen LogP contribution in [0.3, 0.4) is 0 Å². The smallest absolute Gasteiger partial charge is 0.217 e. The molecule has 0 bridgehead atoms. The molecular formula is C17H12F4N2O5. The van der Waals surface area contributed by atoms with E-state index >= 15 is 0 Å². The van der Waals surface area contributed by atoms with Gasteiger partial charge in [0.1, 0.15) is 35.1 Å². The van der Waals surface area contributed by atoms with Crippen LogP contribution < -0.4 is 0 Å². The van der Waals surface area contributed by atoms with E-state index in [4.69, 9.17) is 0 Å². The average molecular weight is 400 g/mol. The zero-order chi connectivity index (χ0) is 21.0. The lowest BCUT2D eigenvalue weighted by atomic mass is 9.83. The Bertz CT molecular complexity index is 864. The summed E-state index contributed by atoms with van der Waals surface area (Å²) in [5.74, 6) is -9.50. The average Bonchev–Trinajstić information content (AvgIpc) is 2.61. The van der Waals surface area contributed by atoms with Gasteiger partial charge in [0, 0.05) is 21.0 Å². The minimum Gasteiger partial charge on any atom is -0.298 e. The fraction of sp³-hybridized carbons (Fsp3) is 0.235. The van der Waals surface area contributed by atoms with Crippen molar-refractivity contribution in [1.29, 1.82) is 0 Å². The standard InChI is InChI=1S/C17H12F4N2O5/c18-9-1-3-15(20)11(5-9)13(7-22(25)26)17(24)14(8-23(27)28)12-6-10(19)2-4-16(12)21/h1-6,13-14H,7-8H2.